The number of carbonyl (C=O) groups excluding carboxylic acids is 1. The van der Waals surface area contributed by atoms with E-state index in [1.54, 1.807) is 36.4 Å². The molecule has 1 N–H and O–H groups in total. The molecule has 3 rings (SSSR count). The molecule has 2 aromatic rings. The number of nitrogens with zero attached hydrogens (tertiary/aromatic N) is 3. The first-order valence-corrected chi connectivity index (χ1v) is 11.4. The Morgan fingerprint density at radius 3 is 2.87 bits per heavy atom. The molecule has 1 fully saturated rings. The highest BCUT2D eigenvalue weighted by atomic mass is 32.2. The van der Waals surface area contributed by atoms with Crippen LogP contribution in [0.2, 0.25) is 0 Å². The molecule has 1 aliphatic rings. The van der Waals surface area contributed by atoms with Gasteiger partial charge in [-0.25, -0.2) is 4.98 Å². The Balaban J connectivity index is 1.91. The first-order chi connectivity index (χ1) is 15.1. The van der Waals surface area contributed by atoms with Crippen LogP contribution in [0.3, 0.4) is 0 Å². The Kier molecular flexibility index (Phi) is 8.59. The van der Waals surface area contributed by atoms with Crippen LogP contribution in [0.15, 0.2) is 34.1 Å². The minimum absolute atomic E-state index is 0.203. The molecule has 0 aromatic carbocycles. The highest BCUT2D eigenvalue weighted by Crippen LogP contribution is 2.33. The zero-order chi connectivity index (χ0) is 22.2. The van der Waals surface area contributed by atoms with Gasteiger partial charge in [0.15, 0.2) is 0 Å². The van der Waals surface area contributed by atoms with Crippen LogP contribution in [-0.4, -0.2) is 64.5 Å². The van der Waals surface area contributed by atoms with Gasteiger partial charge in [0, 0.05) is 46.2 Å². The number of methoxy groups -OCH3 is 1. The van der Waals surface area contributed by atoms with Crippen LogP contribution in [0.25, 0.3) is 11.7 Å². The zero-order valence-electron chi connectivity index (χ0n) is 17.6. The average Bonchev–Trinajstić information content (AvgIpc) is 3.03. The van der Waals surface area contributed by atoms with Crippen molar-refractivity contribution in [2.45, 2.75) is 19.8 Å². The van der Waals surface area contributed by atoms with E-state index in [0.29, 0.717) is 65.6 Å². The van der Waals surface area contributed by atoms with E-state index in [4.69, 9.17) is 21.7 Å². The third-order valence-corrected chi connectivity index (χ3v) is 5.99. The molecular weight excluding hydrogens is 436 g/mol. The van der Waals surface area contributed by atoms with Crippen LogP contribution in [0.1, 0.15) is 25.3 Å². The second kappa shape index (κ2) is 11.4. The molecule has 0 spiro atoms. The van der Waals surface area contributed by atoms with Gasteiger partial charge in [0.05, 0.1) is 10.5 Å². The first kappa shape index (κ1) is 23.4. The molecule has 1 amide bonds. The molecule has 0 saturated carbocycles. The lowest BCUT2D eigenvalue weighted by molar-refractivity contribution is -0.122. The van der Waals surface area contributed by atoms with Crippen molar-refractivity contribution >= 4 is 51.7 Å². The number of amides is 1. The van der Waals surface area contributed by atoms with E-state index >= 15 is 0 Å². The average molecular weight is 463 g/mol. The van der Waals surface area contributed by atoms with Crippen molar-refractivity contribution < 1.29 is 14.3 Å². The summed E-state index contributed by atoms with van der Waals surface area (Å²) in [6, 6.07) is 5.36. The van der Waals surface area contributed by atoms with Crippen molar-refractivity contribution in [3.05, 3.63) is 45.2 Å². The van der Waals surface area contributed by atoms with Crippen LogP contribution in [0, 0.1) is 0 Å². The predicted molar refractivity (Wildman–Crippen MR) is 127 cm³/mol. The Hall–Kier alpha value is -2.27. The van der Waals surface area contributed by atoms with E-state index in [0.717, 1.165) is 6.42 Å². The molecule has 0 unspecified atom stereocenters. The van der Waals surface area contributed by atoms with Gasteiger partial charge in [-0.15, -0.1) is 0 Å². The van der Waals surface area contributed by atoms with Gasteiger partial charge < -0.3 is 14.8 Å². The number of carbonyl (C=O) groups is 1. The number of pyridine rings is 1. The fourth-order valence-electron chi connectivity index (χ4n) is 3.08. The fourth-order valence-corrected chi connectivity index (χ4v) is 4.37. The number of rotatable bonds is 11. The Labute approximate surface area is 190 Å². The van der Waals surface area contributed by atoms with E-state index in [9.17, 15) is 9.59 Å². The van der Waals surface area contributed by atoms with Gasteiger partial charge in [-0.3, -0.25) is 18.9 Å². The highest BCUT2D eigenvalue weighted by molar-refractivity contribution is 8.26. The van der Waals surface area contributed by atoms with Crippen LogP contribution in [0.4, 0.5) is 5.82 Å². The van der Waals surface area contributed by atoms with Crippen molar-refractivity contribution in [2.75, 3.05) is 45.3 Å². The smallest absolute Gasteiger partial charge is 0.267 e. The minimum atomic E-state index is -0.248. The summed E-state index contributed by atoms with van der Waals surface area (Å²) in [5.41, 5.74) is 0.615. The van der Waals surface area contributed by atoms with Gasteiger partial charge >= 0.3 is 0 Å². The second-order valence-corrected chi connectivity index (χ2v) is 8.44. The molecule has 0 aliphatic carbocycles. The van der Waals surface area contributed by atoms with Gasteiger partial charge in [-0.1, -0.05) is 30.0 Å². The van der Waals surface area contributed by atoms with Gasteiger partial charge in [-0.2, -0.15) is 0 Å². The van der Waals surface area contributed by atoms with Crippen LogP contribution >= 0.6 is 24.0 Å². The second-order valence-electron chi connectivity index (χ2n) is 6.77. The topological polar surface area (TPSA) is 85.2 Å². The Morgan fingerprint density at radius 2 is 2.10 bits per heavy atom. The number of fused-ring (bicyclic) bond motifs is 1. The van der Waals surface area contributed by atoms with Crippen molar-refractivity contribution in [1.29, 1.82) is 0 Å². The lowest BCUT2D eigenvalue weighted by Gasteiger charge is -2.13. The van der Waals surface area contributed by atoms with E-state index in [1.165, 1.54) is 16.2 Å². The molecule has 0 atom stereocenters. The van der Waals surface area contributed by atoms with Gasteiger partial charge in [-0.05, 0) is 38.0 Å². The van der Waals surface area contributed by atoms with E-state index in [2.05, 4.69) is 10.3 Å². The number of anilines is 1. The standard InChI is InChI=1S/C21H26N4O4S2/c1-3-29-13-6-9-22-18-15(19(26)24-10-5-4-8-17(24)23-18)14-16-20(27)25(21(30)31-16)11-7-12-28-2/h4-5,8,10,14,22H,3,6-7,9,11-13H2,1-2H3/b16-14+. The summed E-state index contributed by atoms with van der Waals surface area (Å²) in [7, 11) is 1.62. The number of hydrogen-bond donors (Lipinski definition) is 1. The molecular formula is C21H26N4O4S2. The molecule has 31 heavy (non-hydrogen) atoms. The minimum Gasteiger partial charge on any atom is -0.385 e. The van der Waals surface area contributed by atoms with Gasteiger partial charge in [0.25, 0.3) is 11.5 Å². The van der Waals surface area contributed by atoms with Gasteiger partial charge in [0.2, 0.25) is 0 Å². The maximum absolute atomic E-state index is 13.2. The number of nitrogens with one attached hydrogen (secondary N) is 1. The molecule has 0 radical (unpaired) electrons. The van der Waals surface area contributed by atoms with E-state index in [1.807, 2.05) is 13.0 Å². The molecule has 3 heterocycles. The summed E-state index contributed by atoms with van der Waals surface area (Å²) in [4.78, 5) is 32.6. The summed E-state index contributed by atoms with van der Waals surface area (Å²) in [5, 5.41) is 3.23. The lowest BCUT2D eigenvalue weighted by Crippen LogP contribution is -2.29. The van der Waals surface area contributed by atoms with Gasteiger partial charge in [0.1, 0.15) is 15.8 Å². The number of thioether (sulfide) groups is 1. The SMILES string of the molecule is CCOCCCNc1nc2ccccn2c(=O)c1/C=C1/SC(=S)N(CCCOC)C1=O. The van der Waals surface area contributed by atoms with E-state index < -0.39 is 0 Å². The number of ether oxygens (including phenoxy) is 2. The Bertz CT molecular complexity index is 1040. The first-order valence-electron chi connectivity index (χ1n) is 10.1. The summed E-state index contributed by atoms with van der Waals surface area (Å²) in [6.07, 6.45) is 4.71. The molecule has 1 saturated heterocycles. The largest absolute Gasteiger partial charge is 0.385 e. The lowest BCUT2D eigenvalue weighted by atomic mass is 10.2. The molecule has 8 nitrogen and oxygen atoms in total. The summed E-state index contributed by atoms with van der Waals surface area (Å²) >= 11 is 6.57. The predicted octanol–water partition coefficient (Wildman–Crippen LogP) is 2.77. The molecule has 166 valence electrons. The summed E-state index contributed by atoms with van der Waals surface area (Å²) in [6.45, 7) is 4.84. The van der Waals surface area contributed by atoms with E-state index in [-0.39, 0.29) is 11.5 Å². The Morgan fingerprint density at radius 1 is 1.26 bits per heavy atom. The number of aromatic nitrogens is 2. The third kappa shape index (κ3) is 5.70. The van der Waals surface area contributed by atoms with Crippen molar-refractivity contribution in [3.8, 4) is 0 Å². The maximum Gasteiger partial charge on any atom is 0.267 e. The summed E-state index contributed by atoms with van der Waals surface area (Å²) in [5.74, 6) is 0.239. The van der Waals surface area contributed by atoms with Crippen molar-refractivity contribution in [3.63, 3.8) is 0 Å². The summed E-state index contributed by atoms with van der Waals surface area (Å²) < 4.78 is 12.4. The normalized spacial score (nSPS) is 15.4. The highest BCUT2D eigenvalue weighted by Gasteiger charge is 2.32. The molecule has 2 aromatic heterocycles. The maximum atomic E-state index is 13.2. The zero-order valence-corrected chi connectivity index (χ0v) is 19.3. The fraction of sp³-hybridized carbons (Fsp3) is 0.429. The van der Waals surface area contributed by atoms with Crippen molar-refractivity contribution in [1.82, 2.24) is 14.3 Å². The molecule has 1 aliphatic heterocycles. The third-order valence-electron chi connectivity index (χ3n) is 4.61. The van der Waals surface area contributed by atoms with Crippen molar-refractivity contribution in [2.24, 2.45) is 0 Å². The molecule has 10 heteroatoms. The van der Waals surface area contributed by atoms with Crippen LogP contribution < -0.4 is 10.9 Å². The van der Waals surface area contributed by atoms with Crippen LogP contribution in [0.5, 0.6) is 0 Å². The quantitative estimate of drug-likeness (QED) is 0.310. The number of thiocarbonyl (C=S) groups is 1. The monoisotopic (exact) mass is 462 g/mol. The number of hydrogen-bond acceptors (Lipinski definition) is 8. The molecule has 0 bridgehead atoms. The van der Waals surface area contributed by atoms with Crippen LogP contribution in [-0.2, 0) is 14.3 Å².